The highest BCUT2D eigenvalue weighted by molar-refractivity contribution is 7.09. The summed E-state index contributed by atoms with van der Waals surface area (Å²) in [5, 5.41) is 15.0. The van der Waals surface area contributed by atoms with Gasteiger partial charge >= 0.3 is 5.97 Å². The molecule has 2 N–H and O–H groups in total. The topological polar surface area (TPSA) is 75.1 Å². The van der Waals surface area contributed by atoms with Gasteiger partial charge in [0.2, 0.25) is 0 Å². The second kappa shape index (κ2) is 5.54. The maximum absolute atomic E-state index is 11.0. The van der Waals surface area contributed by atoms with Crippen LogP contribution >= 0.6 is 22.9 Å². The van der Waals surface area contributed by atoms with Crippen LogP contribution in [0.1, 0.15) is 34.0 Å². The molecule has 19 heavy (non-hydrogen) atoms. The maximum Gasteiger partial charge on any atom is 0.337 e. The van der Waals surface area contributed by atoms with E-state index >= 15 is 0 Å². The Balaban J connectivity index is 2.24. The highest BCUT2D eigenvalue weighted by atomic mass is 35.5. The van der Waals surface area contributed by atoms with Crippen molar-refractivity contribution in [2.45, 2.75) is 19.9 Å². The summed E-state index contributed by atoms with van der Waals surface area (Å²) in [4.78, 5) is 19.4. The van der Waals surface area contributed by atoms with Gasteiger partial charge in [0.1, 0.15) is 10.8 Å². The van der Waals surface area contributed by atoms with Crippen molar-refractivity contribution in [3.8, 4) is 0 Å². The molecule has 0 bridgehead atoms. The molecule has 0 aliphatic heterocycles. The molecular formula is C12H12ClN3O2S. The summed E-state index contributed by atoms with van der Waals surface area (Å²) in [5.74, 6) is -0.727. The van der Waals surface area contributed by atoms with Crippen molar-refractivity contribution in [3.63, 3.8) is 0 Å². The molecule has 0 spiro atoms. The Bertz CT molecular complexity index is 615. The van der Waals surface area contributed by atoms with Crippen molar-refractivity contribution >= 4 is 34.7 Å². The Morgan fingerprint density at radius 2 is 2.32 bits per heavy atom. The van der Waals surface area contributed by atoms with Crippen LogP contribution in [0.25, 0.3) is 0 Å². The predicted octanol–water partition coefficient (Wildman–Crippen LogP) is 3.37. The molecule has 2 aromatic heterocycles. The minimum atomic E-state index is -1.08. The second-order valence-corrected chi connectivity index (χ2v) is 5.29. The summed E-state index contributed by atoms with van der Waals surface area (Å²) >= 11 is 7.55. The maximum atomic E-state index is 11.0. The van der Waals surface area contributed by atoms with Crippen molar-refractivity contribution in [1.82, 2.24) is 9.97 Å². The molecule has 0 saturated carbocycles. The van der Waals surface area contributed by atoms with Gasteiger partial charge in [-0.05, 0) is 19.9 Å². The molecule has 0 aliphatic rings. The molecule has 0 fully saturated rings. The summed E-state index contributed by atoms with van der Waals surface area (Å²) in [6.45, 7) is 3.84. The number of halogens is 1. The third kappa shape index (κ3) is 3.02. The minimum absolute atomic E-state index is 0.0293. The van der Waals surface area contributed by atoms with E-state index in [1.807, 2.05) is 19.2 Å². The first-order valence-corrected chi connectivity index (χ1v) is 6.81. The number of hydrogen-bond donors (Lipinski definition) is 2. The largest absolute Gasteiger partial charge is 0.478 e. The van der Waals surface area contributed by atoms with E-state index in [2.05, 4.69) is 15.3 Å². The Labute approximate surface area is 119 Å². The number of hydrogen-bond acceptors (Lipinski definition) is 5. The third-order valence-electron chi connectivity index (χ3n) is 2.48. The molecule has 0 saturated heterocycles. The fraction of sp³-hybridized carbons (Fsp3) is 0.250. The highest BCUT2D eigenvalue weighted by Gasteiger charge is 2.16. The molecule has 100 valence electrons. The van der Waals surface area contributed by atoms with E-state index in [4.69, 9.17) is 16.7 Å². The lowest BCUT2D eigenvalue weighted by atomic mass is 10.2. The molecule has 2 aromatic rings. The molecular weight excluding hydrogens is 286 g/mol. The summed E-state index contributed by atoms with van der Waals surface area (Å²) < 4.78 is 0. The molecule has 1 unspecified atom stereocenters. The molecule has 7 heteroatoms. The molecule has 5 nitrogen and oxygen atoms in total. The van der Waals surface area contributed by atoms with Gasteiger partial charge in [0.25, 0.3) is 0 Å². The zero-order valence-corrected chi connectivity index (χ0v) is 11.9. The number of nitrogens with zero attached hydrogens (tertiary/aromatic N) is 2. The van der Waals surface area contributed by atoms with Gasteiger partial charge in [0.15, 0.2) is 0 Å². The van der Waals surface area contributed by atoms with Gasteiger partial charge in [-0.3, -0.25) is 0 Å². The summed E-state index contributed by atoms with van der Waals surface area (Å²) in [5.41, 5.74) is 0.980. The van der Waals surface area contributed by atoms with Gasteiger partial charge in [-0.15, -0.1) is 11.3 Å². The number of rotatable bonds is 4. The van der Waals surface area contributed by atoms with E-state index in [0.717, 1.165) is 10.7 Å². The van der Waals surface area contributed by atoms with Gasteiger partial charge < -0.3 is 10.4 Å². The van der Waals surface area contributed by atoms with Crippen LogP contribution in [0, 0.1) is 6.92 Å². The molecule has 0 amide bonds. The van der Waals surface area contributed by atoms with Gasteiger partial charge in [0, 0.05) is 17.3 Å². The lowest BCUT2D eigenvalue weighted by Crippen LogP contribution is -2.10. The fourth-order valence-corrected chi connectivity index (χ4v) is 2.60. The average molecular weight is 298 g/mol. The smallest absolute Gasteiger partial charge is 0.337 e. The van der Waals surface area contributed by atoms with Crippen molar-refractivity contribution < 1.29 is 9.90 Å². The van der Waals surface area contributed by atoms with E-state index in [-0.39, 0.29) is 16.6 Å². The minimum Gasteiger partial charge on any atom is -0.478 e. The Morgan fingerprint density at radius 1 is 1.58 bits per heavy atom. The van der Waals surface area contributed by atoms with Gasteiger partial charge in [-0.25, -0.2) is 14.8 Å². The molecule has 1 atom stereocenters. The van der Waals surface area contributed by atoms with Crippen molar-refractivity contribution in [3.05, 3.63) is 38.9 Å². The Kier molecular flexibility index (Phi) is 4.01. The first kappa shape index (κ1) is 13.8. The van der Waals surface area contributed by atoms with Crippen LogP contribution in [0.3, 0.4) is 0 Å². The molecule has 0 aromatic carbocycles. The summed E-state index contributed by atoms with van der Waals surface area (Å²) in [6.07, 6.45) is 1.41. The molecule has 0 radical (unpaired) electrons. The monoisotopic (exact) mass is 297 g/mol. The number of thiazole rings is 1. The molecule has 2 rings (SSSR count). The number of carbonyl (C=O) groups is 1. The van der Waals surface area contributed by atoms with Crippen LogP contribution < -0.4 is 5.32 Å². The van der Waals surface area contributed by atoms with Crippen LogP contribution in [-0.2, 0) is 0 Å². The number of pyridine rings is 1. The highest BCUT2D eigenvalue weighted by Crippen LogP contribution is 2.28. The van der Waals surface area contributed by atoms with E-state index < -0.39 is 5.97 Å². The van der Waals surface area contributed by atoms with Gasteiger partial charge in [0.05, 0.1) is 16.6 Å². The van der Waals surface area contributed by atoms with E-state index in [9.17, 15) is 4.79 Å². The quantitative estimate of drug-likeness (QED) is 0.905. The van der Waals surface area contributed by atoms with Crippen LogP contribution in [0.15, 0.2) is 17.6 Å². The zero-order chi connectivity index (χ0) is 14.0. The Hall–Kier alpha value is -1.66. The van der Waals surface area contributed by atoms with Crippen molar-refractivity contribution in [1.29, 1.82) is 0 Å². The predicted molar refractivity (Wildman–Crippen MR) is 75.1 cm³/mol. The summed E-state index contributed by atoms with van der Waals surface area (Å²) in [6, 6.07) is 1.28. The molecule has 0 aliphatic carbocycles. The number of aryl methyl sites for hydroxylation is 1. The number of aromatic nitrogens is 2. The number of aromatic carboxylic acids is 1. The number of carboxylic acid groups (broad SMARTS) is 1. The standard InChI is InChI=1S/C12H12ClN3O2S/c1-6-5-19-11(15-6)7(2)16-10-9(13)8(12(17)18)3-4-14-10/h3-5,7H,1-2H3,(H,14,16)(H,17,18). The average Bonchev–Trinajstić information content (AvgIpc) is 2.78. The Morgan fingerprint density at radius 3 is 2.89 bits per heavy atom. The first-order valence-electron chi connectivity index (χ1n) is 5.55. The molecule has 2 heterocycles. The normalized spacial score (nSPS) is 12.2. The lowest BCUT2D eigenvalue weighted by Gasteiger charge is -2.13. The van der Waals surface area contributed by atoms with E-state index in [1.54, 1.807) is 0 Å². The van der Waals surface area contributed by atoms with Gasteiger partial charge in [-0.1, -0.05) is 11.6 Å². The first-order chi connectivity index (χ1) is 8.99. The zero-order valence-electron chi connectivity index (χ0n) is 10.3. The van der Waals surface area contributed by atoms with E-state index in [0.29, 0.717) is 5.82 Å². The van der Waals surface area contributed by atoms with Crippen LogP contribution in [-0.4, -0.2) is 21.0 Å². The number of carboxylic acids is 1. The van der Waals surface area contributed by atoms with Crippen LogP contribution in [0.4, 0.5) is 5.82 Å². The van der Waals surface area contributed by atoms with Crippen LogP contribution in [0.5, 0.6) is 0 Å². The van der Waals surface area contributed by atoms with Crippen molar-refractivity contribution in [2.24, 2.45) is 0 Å². The SMILES string of the molecule is Cc1csc(C(C)Nc2nccc(C(=O)O)c2Cl)n1. The van der Waals surface area contributed by atoms with Crippen LogP contribution in [0.2, 0.25) is 5.02 Å². The fourth-order valence-electron chi connectivity index (χ4n) is 1.55. The van der Waals surface area contributed by atoms with Crippen molar-refractivity contribution in [2.75, 3.05) is 5.32 Å². The lowest BCUT2D eigenvalue weighted by molar-refractivity contribution is 0.0697. The second-order valence-electron chi connectivity index (χ2n) is 4.02. The van der Waals surface area contributed by atoms with E-state index in [1.165, 1.54) is 23.6 Å². The summed E-state index contributed by atoms with van der Waals surface area (Å²) in [7, 11) is 0. The number of anilines is 1. The number of nitrogens with one attached hydrogen (secondary N) is 1. The van der Waals surface area contributed by atoms with Gasteiger partial charge in [-0.2, -0.15) is 0 Å². The third-order valence-corrected chi connectivity index (χ3v) is 4.01.